The Labute approximate surface area is 345 Å². The number of hydrogen-bond donors (Lipinski definition) is 3. The van der Waals surface area contributed by atoms with Gasteiger partial charge in [-0.3, -0.25) is 4.79 Å². The Hall–Kier alpha value is -5.37. The maximum Gasteiger partial charge on any atom is 0.412 e. The number of fused-ring (bicyclic) bond motifs is 3. The van der Waals surface area contributed by atoms with Crippen molar-refractivity contribution in [2.75, 3.05) is 40.2 Å². The van der Waals surface area contributed by atoms with Crippen molar-refractivity contribution in [2.45, 2.75) is 76.2 Å². The molecule has 7 rings (SSSR count). The standard InChI is InChI=1S/C46H55N3O10/c1-4-23-56-46-41(49(3)44(52)32-17-19-39-40(25-32)55-29-54-39)27-37(48-57-28-30-13-7-6-8-14-30)35-24-31(15-9-11-21-50)34(16-10-12-22-51)42(43(35)46)36-26-33(18-20-38(36)59-46)58-45(53)47-5-2/h4,6-8,13-14,17-20,24-26,31,34,41-43,50-51H,1,5,9-12,15-16,21-23,27-29H2,2-3H3,(H,47,53)/t31-,34+,41-,42+,43+,46+/m0/s1. The SMILES string of the molecule is C=CCO[C@@]12Oc3ccc(OC(=O)NCC)cc3[C@H]3[C@H](CCCCO)[C@@H](CCCCO)C=C(C(=NOCc4ccccc4)C[C@@H]1N(C)C(=O)c1ccc4c(c1)OCO4)[C@H]32. The highest BCUT2D eigenvalue weighted by Gasteiger charge is 2.65. The van der Waals surface area contributed by atoms with E-state index in [0.717, 1.165) is 42.4 Å². The molecule has 3 N–H and O–H groups in total. The minimum absolute atomic E-state index is 0.00294. The van der Waals surface area contributed by atoms with Crippen LogP contribution in [0.5, 0.6) is 23.0 Å². The highest BCUT2D eigenvalue weighted by atomic mass is 16.7. The summed E-state index contributed by atoms with van der Waals surface area (Å²) in [6.07, 6.45) is 8.06. The van der Waals surface area contributed by atoms with Crippen LogP contribution in [0, 0.1) is 17.8 Å². The van der Waals surface area contributed by atoms with Crippen molar-refractivity contribution < 1.29 is 48.3 Å². The summed E-state index contributed by atoms with van der Waals surface area (Å²) in [6.45, 7) is 6.83. The highest BCUT2D eigenvalue weighted by Crippen LogP contribution is 2.62. The summed E-state index contributed by atoms with van der Waals surface area (Å²) in [4.78, 5) is 35.2. The fourth-order valence-electron chi connectivity index (χ4n) is 9.21. The van der Waals surface area contributed by atoms with E-state index in [1.807, 2.05) is 49.4 Å². The van der Waals surface area contributed by atoms with Crippen LogP contribution in [0.2, 0.25) is 0 Å². The van der Waals surface area contributed by atoms with Gasteiger partial charge >= 0.3 is 6.09 Å². The number of aliphatic hydroxyl groups excluding tert-OH is 2. The molecule has 4 aliphatic rings. The lowest BCUT2D eigenvalue weighted by Crippen LogP contribution is -2.69. The molecule has 0 radical (unpaired) electrons. The van der Waals surface area contributed by atoms with Gasteiger partial charge in [-0.05, 0) is 92.0 Å². The van der Waals surface area contributed by atoms with Gasteiger partial charge in [0, 0.05) is 50.3 Å². The predicted octanol–water partition coefficient (Wildman–Crippen LogP) is 7.13. The molecule has 59 heavy (non-hydrogen) atoms. The van der Waals surface area contributed by atoms with Gasteiger partial charge in [-0.25, -0.2) is 4.79 Å². The molecular formula is C46H55N3O10. The Kier molecular flexibility index (Phi) is 13.5. The second kappa shape index (κ2) is 19.1. The predicted molar refractivity (Wildman–Crippen MR) is 221 cm³/mol. The minimum atomic E-state index is -1.44. The molecule has 1 fully saturated rings. The van der Waals surface area contributed by atoms with E-state index in [-0.39, 0.29) is 63.3 Å². The molecule has 3 aromatic carbocycles. The number of hydrogen-bond acceptors (Lipinski definition) is 11. The second-order valence-corrected chi connectivity index (χ2v) is 15.4. The number of aliphatic hydroxyl groups is 2. The smallest absolute Gasteiger partial charge is 0.412 e. The van der Waals surface area contributed by atoms with Crippen molar-refractivity contribution in [2.24, 2.45) is 22.9 Å². The lowest BCUT2D eigenvalue weighted by Gasteiger charge is -2.59. The first-order chi connectivity index (χ1) is 28.8. The van der Waals surface area contributed by atoms with E-state index < -0.39 is 23.8 Å². The van der Waals surface area contributed by atoms with E-state index in [1.165, 1.54) is 0 Å². The number of benzene rings is 3. The average molecular weight is 810 g/mol. The van der Waals surface area contributed by atoms with Gasteiger partial charge in [0.25, 0.3) is 5.91 Å². The Morgan fingerprint density at radius 2 is 1.75 bits per heavy atom. The third-order valence-electron chi connectivity index (χ3n) is 11.8. The van der Waals surface area contributed by atoms with Crippen LogP contribution in [0.25, 0.3) is 0 Å². The number of carbonyl (C=O) groups excluding carboxylic acids is 2. The molecule has 3 aromatic rings. The molecule has 0 spiro atoms. The minimum Gasteiger partial charge on any atom is -0.459 e. The molecule has 0 unspecified atom stereocenters. The molecule has 0 saturated heterocycles. The largest absolute Gasteiger partial charge is 0.459 e. The van der Waals surface area contributed by atoms with Crippen LogP contribution in [0.15, 0.2) is 96.2 Å². The number of unbranched alkanes of at least 4 members (excludes halogenated alkanes) is 2. The number of rotatable bonds is 18. The van der Waals surface area contributed by atoms with Gasteiger partial charge in [-0.1, -0.05) is 60.5 Å². The molecule has 314 valence electrons. The van der Waals surface area contributed by atoms with Gasteiger partial charge in [0.05, 0.1) is 18.2 Å². The number of oxime groups is 1. The van der Waals surface area contributed by atoms with Gasteiger partial charge in [0.2, 0.25) is 12.6 Å². The summed E-state index contributed by atoms with van der Waals surface area (Å²) >= 11 is 0. The summed E-state index contributed by atoms with van der Waals surface area (Å²) in [7, 11) is 1.75. The van der Waals surface area contributed by atoms with Gasteiger partial charge < -0.3 is 49.0 Å². The van der Waals surface area contributed by atoms with Crippen LogP contribution in [0.1, 0.15) is 79.3 Å². The number of carbonyl (C=O) groups is 2. The van der Waals surface area contributed by atoms with Crippen LogP contribution in [-0.4, -0.2) is 84.9 Å². The van der Waals surface area contributed by atoms with E-state index in [2.05, 4.69) is 18.0 Å². The molecule has 0 bridgehead atoms. The number of nitrogens with one attached hydrogen (secondary N) is 1. The molecule has 13 heteroatoms. The first-order valence-corrected chi connectivity index (χ1v) is 20.7. The average Bonchev–Trinajstić information content (AvgIpc) is 3.73. The van der Waals surface area contributed by atoms with E-state index >= 15 is 0 Å². The fraction of sp³-hybridized carbons (Fsp3) is 0.457. The van der Waals surface area contributed by atoms with Crippen LogP contribution >= 0.6 is 0 Å². The van der Waals surface area contributed by atoms with E-state index in [9.17, 15) is 19.8 Å². The number of ether oxygens (including phenoxy) is 5. The zero-order chi connectivity index (χ0) is 41.4. The van der Waals surface area contributed by atoms with Crippen LogP contribution in [-0.2, 0) is 16.2 Å². The molecule has 2 aliphatic heterocycles. The Morgan fingerprint density at radius 3 is 2.51 bits per heavy atom. The van der Waals surface area contributed by atoms with Crippen LogP contribution < -0.4 is 24.3 Å². The second-order valence-electron chi connectivity index (χ2n) is 15.4. The first-order valence-electron chi connectivity index (χ1n) is 20.7. The van der Waals surface area contributed by atoms with Gasteiger partial charge in [0.1, 0.15) is 24.1 Å². The van der Waals surface area contributed by atoms with Crippen molar-refractivity contribution >= 4 is 17.7 Å². The van der Waals surface area contributed by atoms with Gasteiger partial charge in [-0.15, -0.1) is 6.58 Å². The highest BCUT2D eigenvalue weighted by molar-refractivity contribution is 6.03. The number of amides is 2. The van der Waals surface area contributed by atoms with Crippen molar-refractivity contribution in [1.29, 1.82) is 0 Å². The molecule has 2 amide bonds. The molecular weight excluding hydrogens is 755 g/mol. The first kappa shape index (κ1) is 41.8. The molecule has 2 aliphatic carbocycles. The maximum atomic E-state index is 14.7. The van der Waals surface area contributed by atoms with Crippen molar-refractivity contribution in [3.05, 3.63) is 108 Å². The molecule has 0 aromatic heterocycles. The van der Waals surface area contributed by atoms with Gasteiger partial charge in [0.15, 0.2) is 11.5 Å². The number of likely N-dealkylation sites (N-methyl/N-ethyl adjacent to an activating group) is 1. The fourth-order valence-corrected chi connectivity index (χ4v) is 9.21. The molecule has 1 saturated carbocycles. The van der Waals surface area contributed by atoms with Gasteiger partial charge in [-0.2, -0.15) is 0 Å². The summed E-state index contributed by atoms with van der Waals surface area (Å²) in [6, 6.07) is 19.6. The van der Waals surface area contributed by atoms with Crippen molar-refractivity contribution in [1.82, 2.24) is 10.2 Å². The van der Waals surface area contributed by atoms with Crippen molar-refractivity contribution in [3.8, 4) is 23.0 Å². The van der Waals surface area contributed by atoms with Crippen LogP contribution in [0.3, 0.4) is 0 Å². The summed E-state index contributed by atoms with van der Waals surface area (Å²) in [5, 5.41) is 27.3. The zero-order valence-electron chi connectivity index (χ0n) is 33.8. The van der Waals surface area contributed by atoms with Crippen molar-refractivity contribution in [3.63, 3.8) is 0 Å². The topological polar surface area (TPSA) is 158 Å². The summed E-state index contributed by atoms with van der Waals surface area (Å²) in [5.74, 6) is -0.502. The van der Waals surface area contributed by atoms with E-state index in [4.69, 9.17) is 33.7 Å². The number of nitrogens with zero attached hydrogens (tertiary/aromatic N) is 2. The Morgan fingerprint density at radius 1 is 0.983 bits per heavy atom. The molecule has 2 heterocycles. The summed E-state index contributed by atoms with van der Waals surface area (Å²) in [5.41, 5.74) is 3.78. The lowest BCUT2D eigenvalue weighted by atomic mass is 9.55. The quantitative estimate of drug-likeness (QED) is 0.0686. The van der Waals surface area contributed by atoms with E-state index in [1.54, 1.807) is 42.3 Å². The number of allylic oxidation sites excluding steroid dienone is 1. The third-order valence-corrected chi connectivity index (χ3v) is 11.8. The normalized spacial score (nSPS) is 24.2. The molecule has 13 nitrogen and oxygen atoms in total. The Bertz CT molecular complexity index is 2020. The van der Waals surface area contributed by atoms with Crippen LogP contribution in [0.4, 0.5) is 4.79 Å². The zero-order valence-corrected chi connectivity index (χ0v) is 33.8. The lowest BCUT2D eigenvalue weighted by molar-refractivity contribution is -0.252. The monoisotopic (exact) mass is 809 g/mol. The third kappa shape index (κ3) is 8.83. The summed E-state index contributed by atoms with van der Waals surface area (Å²) < 4.78 is 31.2. The van der Waals surface area contributed by atoms with E-state index in [0.29, 0.717) is 53.7 Å². The Balaban J connectivity index is 1.41. The maximum absolute atomic E-state index is 14.7. The molecule has 6 atom stereocenters.